The number of anilines is 2. The third-order valence-corrected chi connectivity index (χ3v) is 5.77. The van der Waals surface area contributed by atoms with E-state index in [-0.39, 0.29) is 12.5 Å². The molecule has 3 N–H and O–H groups in total. The highest BCUT2D eigenvalue weighted by molar-refractivity contribution is 6.39. The molecule has 1 saturated heterocycles. The first-order valence-corrected chi connectivity index (χ1v) is 11.6. The molecule has 34 heavy (non-hydrogen) atoms. The van der Waals surface area contributed by atoms with E-state index < -0.39 is 12.2 Å². The Morgan fingerprint density at radius 1 is 1.03 bits per heavy atom. The molecule has 1 aliphatic heterocycles. The van der Waals surface area contributed by atoms with Crippen LogP contribution in [-0.4, -0.2) is 31.2 Å². The van der Waals surface area contributed by atoms with E-state index in [0.29, 0.717) is 38.0 Å². The molecular formula is C24H21Cl4N3O3. The number of halogens is 4. The molecule has 0 aromatic heterocycles. The summed E-state index contributed by atoms with van der Waals surface area (Å²) in [6, 6.07) is 17.9. The van der Waals surface area contributed by atoms with Crippen molar-refractivity contribution in [3.63, 3.8) is 0 Å². The molecule has 1 fully saturated rings. The standard InChI is InChI=1S/C18H16Cl2N2O3.C6H5Cl2N/c1-11(23)21-9-14-10-22(18(24)25-14)13-7-15(19)17(16(20)8-13)12-5-3-2-4-6-12;7-4-1-5(8)3-6(9)2-4/h2-8,14H,9-10H2,1H3,(H,21,23);1-3H,9H2. The molecule has 0 saturated carbocycles. The summed E-state index contributed by atoms with van der Waals surface area (Å²) in [5.74, 6) is -0.173. The molecule has 1 aliphatic rings. The average Bonchev–Trinajstić information content (AvgIpc) is 3.12. The Kier molecular flexibility index (Phi) is 8.91. The lowest BCUT2D eigenvalue weighted by atomic mass is 10.0. The highest BCUT2D eigenvalue weighted by Gasteiger charge is 2.33. The summed E-state index contributed by atoms with van der Waals surface area (Å²) in [6.45, 7) is 1.99. The van der Waals surface area contributed by atoms with Crippen molar-refractivity contribution in [3.8, 4) is 11.1 Å². The van der Waals surface area contributed by atoms with Crippen LogP contribution in [0.3, 0.4) is 0 Å². The fourth-order valence-corrected chi connectivity index (χ4v) is 4.50. The fourth-order valence-electron chi connectivity index (χ4n) is 3.27. The van der Waals surface area contributed by atoms with Crippen molar-refractivity contribution in [1.29, 1.82) is 0 Å². The van der Waals surface area contributed by atoms with Gasteiger partial charge in [-0.1, -0.05) is 76.7 Å². The van der Waals surface area contributed by atoms with Crippen LogP contribution in [0.15, 0.2) is 60.7 Å². The van der Waals surface area contributed by atoms with Crippen molar-refractivity contribution in [1.82, 2.24) is 5.32 Å². The van der Waals surface area contributed by atoms with E-state index in [4.69, 9.17) is 56.9 Å². The first kappa shape index (κ1) is 26.0. The van der Waals surface area contributed by atoms with Gasteiger partial charge in [-0.15, -0.1) is 0 Å². The summed E-state index contributed by atoms with van der Waals surface area (Å²) in [4.78, 5) is 24.6. The lowest BCUT2D eigenvalue weighted by molar-refractivity contribution is -0.119. The van der Waals surface area contributed by atoms with Gasteiger partial charge in [0, 0.05) is 28.2 Å². The van der Waals surface area contributed by atoms with Gasteiger partial charge in [0.1, 0.15) is 6.10 Å². The number of nitrogens with zero attached hydrogens (tertiary/aromatic N) is 1. The van der Waals surface area contributed by atoms with Crippen LogP contribution in [0.25, 0.3) is 11.1 Å². The second-order valence-electron chi connectivity index (χ2n) is 7.41. The van der Waals surface area contributed by atoms with E-state index in [9.17, 15) is 9.59 Å². The summed E-state index contributed by atoms with van der Waals surface area (Å²) in [7, 11) is 0. The molecule has 1 unspecified atom stereocenters. The molecule has 0 spiro atoms. The Labute approximate surface area is 217 Å². The number of rotatable bonds is 4. The summed E-state index contributed by atoms with van der Waals surface area (Å²) < 4.78 is 5.26. The number of hydrogen-bond acceptors (Lipinski definition) is 4. The molecule has 0 radical (unpaired) electrons. The van der Waals surface area contributed by atoms with E-state index in [1.54, 1.807) is 30.3 Å². The second kappa shape index (κ2) is 11.7. The van der Waals surface area contributed by atoms with Crippen LogP contribution in [0, 0.1) is 0 Å². The average molecular weight is 541 g/mol. The number of nitrogen functional groups attached to an aromatic ring is 1. The van der Waals surface area contributed by atoms with Gasteiger partial charge in [0.15, 0.2) is 0 Å². The van der Waals surface area contributed by atoms with E-state index in [2.05, 4.69) is 5.32 Å². The molecule has 178 valence electrons. The van der Waals surface area contributed by atoms with E-state index in [0.717, 1.165) is 11.1 Å². The van der Waals surface area contributed by atoms with E-state index >= 15 is 0 Å². The lowest BCUT2D eigenvalue weighted by Gasteiger charge is -2.16. The monoisotopic (exact) mass is 539 g/mol. The van der Waals surface area contributed by atoms with Gasteiger partial charge >= 0.3 is 6.09 Å². The molecule has 4 rings (SSSR count). The Morgan fingerprint density at radius 2 is 1.62 bits per heavy atom. The molecule has 0 aliphatic carbocycles. The van der Waals surface area contributed by atoms with Crippen molar-refractivity contribution >= 4 is 69.8 Å². The summed E-state index contributed by atoms with van der Waals surface area (Å²) in [6.07, 6.45) is -0.905. The third-order valence-electron chi connectivity index (χ3n) is 4.74. The van der Waals surface area contributed by atoms with E-state index in [1.165, 1.54) is 11.8 Å². The Morgan fingerprint density at radius 3 is 2.15 bits per heavy atom. The Bertz CT molecular complexity index is 1120. The molecule has 6 nitrogen and oxygen atoms in total. The fraction of sp³-hybridized carbons (Fsp3) is 0.167. The Balaban J connectivity index is 0.000000302. The minimum absolute atomic E-state index is 0.173. The smallest absolute Gasteiger partial charge is 0.414 e. The van der Waals surface area contributed by atoms with Crippen LogP contribution < -0.4 is 16.0 Å². The van der Waals surface area contributed by atoms with Gasteiger partial charge in [0.05, 0.1) is 28.8 Å². The maximum Gasteiger partial charge on any atom is 0.414 e. The van der Waals surface area contributed by atoms with Crippen LogP contribution in [0.1, 0.15) is 6.92 Å². The minimum atomic E-state index is -0.491. The lowest BCUT2D eigenvalue weighted by Crippen LogP contribution is -2.33. The Hall–Kier alpha value is -2.64. The van der Waals surface area contributed by atoms with Gasteiger partial charge in [-0.3, -0.25) is 9.69 Å². The van der Waals surface area contributed by atoms with Crippen LogP contribution in [0.4, 0.5) is 16.2 Å². The van der Waals surface area contributed by atoms with Gasteiger partial charge < -0.3 is 15.8 Å². The molecule has 10 heteroatoms. The van der Waals surface area contributed by atoms with Gasteiger partial charge in [0.25, 0.3) is 0 Å². The van der Waals surface area contributed by atoms with Crippen molar-refractivity contribution in [2.24, 2.45) is 0 Å². The molecule has 3 aromatic carbocycles. The largest absolute Gasteiger partial charge is 0.442 e. The van der Waals surface area contributed by atoms with Crippen molar-refractivity contribution < 1.29 is 14.3 Å². The van der Waals surface area contributed by atoms with Crippen LogP contribution >= 0.6 is 46.4 Å². The number of carbonyl (C=O) groups excluding carboxylic acids is 2. The van der Waals surface area contributed by atoms with Gasteiger partial charge in [-0.25, -0.2) is 4.79 Å². The van der Waals surface area contributed by atoms with Crippen LogP contribution in [-0.2, 0) is 9.53 Å². The zero-order chi connectivity index (χ0) is 24.8. The first-order chi connectivity index (χ1) is 16.1. The second-order valence-corrected chi connectivity index (χ2v) is 9.09. The number of ether oxygens (including phenoxy) is 1. The first-order valence-electron chi connectivity index (χ1n) is 10.1. The summed E-state index contributed by atoms with van der Waals surface area (Å²) >= 11 is 24.0. The molecular weight excluding hydrogens is 520 g/mol. The highest BCUT2D eigenvalue weighted by Crippen LogP contribution is 2.39. The number of cyclic esters (lactones) is 1. The molecule has 1 heterocycles. The zero-order valence-electron chi connectivity index (χ0n) is 18.0. The predicted molar refractivity (Wildman–Crippen MR) is 139 cm³/mol. The number of nitrogens with one attached hydrogen (secondary N) is 1. The quantitative estimate of drug-likeness (QED) is 0.361. The molecule has 1 atom stereocenters. The maximum atomic E-state index is 12.1. The molecule has 0 bridgehead atoms. The topological polar surface area (TPSA) is 84.7 Å². The van der Waals surface area contributed by atoms with Crippen molar-refractivity contribution in [2.75, 3.05) is 23.7 Å². The van der Waals surface area contributed by atoms with Crippen LogP contribution in [0.5, 0.6) is 0 Å². The van der Waals surface area contributed by atoms with Crippen LogP contribution in [0.2, 0.25) is 20.1 Å². The maximum absolute atomic E-state index is 12.1. The SMILES string of the molecule is CC(=O)NCC1CN(c2cc(Cl)c(-c3ccccc3)c(Cl)c2)C(=O)O1.Nc1cc(Cl)cc(Cl)c1. The number of amides is 2. The number of hydrogen-bond donors (Lipinski definition) is 2. The summed E-state index contributed by atoms with van der Waals surface area (Å²) in [5.41, 5.74) is 8.16. The van der Waals surface area contributed by atoms with Gasteiger partial charge in [0.2, 0.25) is 5.91 Å². The van der Waals surface area contributed by atoms with Crippen molar-refractivity contribution in [3.05, 3.63) is 80.8 Å². The minimum Gasteiger partial charge on any atom is -0.442 e. The van der Waals surface area contributed by atoms with Gasteiger partial charge in [-0.05, 0) is 35.9 Å². The summed E-state index contributed by atoms with van der Waals surface area (Å²) in [5, 5.41) is 4.68. The van der Waals surface area contributed by atoms with E-state index in [1.807, 2.05) is 30.3 Å². The number of nitrogens with two attached hydrogens (primary N) is 1. The number of carbonyl (C=O) groups is 2. The third kappa shape index (κ3) is 6.93. The predicted octanol–water partition coefficient (Wildman–Crippen LogP) is 6.70. The molecule has 3 aromatic rings. The van der Waals surface area contributed by atoms with Crippen molar-refractivity contribution in [2.45, 2.75) is 13.0 Å². The zero-order valence-corrected chi connectivity index (χ0v) is 21.0. The molecule has 2 amide bonds. The number of benzene rings is 3. The normalized spacial score (nSPS) is 14.8. The highest BCUT2D eigenvalue weighted by atomic mass is 35.5. The van der Waals surface area contributed by atoms with Gasteiger partial charge in [-0.2, -0.15) is 0 Å².